The molecule has 144 valence electrons. The van der Waals surface area contributed by atoms with Crippen LogP contribution in [0.25, 0.3) is 0 Å². The highest BCUT2D eigenvalue weighted by atomic mass is 16.5. The standard InChI is InChI=1S/C19H25N5O3/c1-22(12-16-15-6-2-3-7-17(15)27-21-16)19(26)13-24-18(25)10-14(11-20-24)23-8-4-5-9-23/h10-11H,2-9,12-13H2,1H3. The first kappa shape index (κ1) is 17.8. The number of aromatic nitrogens is 3. The van der Waals surface area contributed by atoms with Crippen LogP contribution in [0.1, 0.15) is 42.7 Å². The van der Waals surface area contributed by atoms with E-state index in [1.165, 1.54) is 4.68 Å². The normalized spacial score (nSPS) is 16.4. The monoisotopic (exact) mass is 371 g/mol. The number of hydrogen-bond acceptors (Lipinski definition) is 6. The molecule has 1 fully saturated rings. The number of carbonyl (C=O) groups is 1. The molecular formula is C19H25N5O3. The summed E-state index contributed by atoms with van der Waals surface area (Å²) in [5.41, 5.74) is 2.56. The van der Waals surface area contributed by atoms with Gasteiger partial charge >= 0.3 is 0 Å². The van der Waals surface area contributed by atoms with Gasteiger partial charge in [-0.05, 0) is 32.1 Å². The molecule has 27 heavy (non-hydrogen) atoms. The van der Waals surface area contributed by atoms with Crippen molar-refractivity contribution in [3.63, 3.8) is 0 Å². The van der Waals surface area contributed by atoms with Crippen LogP contribution in [0.4, 0.5) is 5.69 Å². The summed E-state index contributed by atoms with van der Waals surface area (Å²) in [4.78, 5) is 28.6. The SMILES string of the molecule is CN(Cc1noc2c1CCCC2)C(=O)Cn1ncc(N2CCCC2)cc1=O. The molecule has 1 saturated heterocycles. The maximum atomic E-state index is 12.6. The third kappa shape index (κ3) is 3.74. The van der Waals surface area contributed by atoms with Gasteiger partial charge in [0.15, 0.2) is 0 Å². The summed E-state index contributed by atoms with van der Waals surface area (Å²) in [6.45, 7) is 2.22. The number of aryl methyl sites for hydroxylation is 1. The van der Waals surface area contributed by atoms with E-state index >= 15 is 0 Å². The molecule has 2 aromatic heterocycles. The fraction of sp³-hybridized carbons (Fsp3) is 0.579. The zero-order valence-corrected chi connectivity index (χ0v) is 15.7. The van der Waals surface area contributed by atoms with Crippen molar-refractivity contribution in [2.24, 2.45) is 0 Å². The van der Waals surface area contributed by atoms with Crippen molar-refractivity contribution in [1.82, 2.24) is 19.8 Å². The Bertz CT molecular complexity index is 882. The van der Waals surface area contributed by atoms with Crippen molar-refractivity contribution in [2.45, 2.75) is 51.6 Å². The largest absolute Gasteiger partial charge is 0.370 e. The Morgan fingerprint density at radius 2 is 2.00 bits per heavy atom. The summed E-state index contributed by atoms with van der Waals surface area (Å²) >= 11 is 0. The molecule has 2 aliphatic rings. The molecule has 4 rings (SSSR count). The number of anilines is 1. The zero-order valence-electron chi connectivity index (χ0n) is 15.7. The first-order valence-corrected chi connectivity index (χ1v) is 9.64. The van der Waals surface area contributed by atoms with Crippen molar-refractivity contribution in [3.8, 4) is 0 Å². The Hall–Kier alpha value is -2.64. The molecule has 0 aromatic carbocycles. The average molecular weight is 371 g/mol. The van der Waals surface area contributed by atoms with Crippen molar-refractivity contribution >= 4 is 11.6 Å². The van der Waals surface area contributed by atoms with Crippen LogP contribution < -0.4 is 10.5 Å². The van der Waals surface area contributed by atoms with Gasteiger partial charge in [-0.2, -0.15) is 5.10 Å². The van der Waals surface area contributed by atoms with Crippen LogP contribution in [0.2, 0.25) is 0 Å². The highest BCUT2D eigenvalue weighted by Gasteiger charge is 2.22. The molecule has 1 aliphatic carbocycles. The van der Waals surface area contributed by atoms with Crippen LogP contribution in [-0.4, -0.2) is 45.9 Å². The molecule has 0 radical (unpaired) electrons. The van der Waals surface area contributed by atoms with E-state index in [0.29, 0.717) is 6.54 Å². The van der Waals surface area contributed by atoms with Gasteiger partial charge in [0.2, 0.25) is 5.91 Å². The predicted octanol–water partition coefficient (Wildman–Crippen LogP) is 1.37. The maximum absolute atomic E-state index is 12.6. The number of hydrogen-bond donors (Lipinski definition) is 0. The van der Waals surface area contributed by atoms with Crippen LogP contribution >= 0.6 is 0 Å². The van der Waals surface area contributed by atoms with Crippen molar-refractivity contribution in [3.05, 3.63) is 39.6 Å². The highest BCUT2D eigenvalue weighted by molar-refractivity contribution is 5.75. The predicted molar refractivity (Wildman–Crippen MR) is 99.6 cm³/mol. The lowest BCUT2D eigenvalue weighted by molar-refractivity contribution is -0.131. The van der Waals surface area contributed by atoms with Gasteiger partial charge in [-0.15, -0.1) is 0 Å². The van der Waals surface area contributed by atoms with Gasteiger partial charge in [0.25, 0.3) is 5.56 Å². The van der Waals surface area contributed by atoms with Crippen LogP contribution in [-0.2, 0) is 30.7 Å². The first-order valence-electron chi connectivity index (χ1n) is 9.64. The average Bonchev–Trinajstić information content (AvgIpc) is 3.34. The maximum Gasteiger partial charge on any atom is 0.269 e. The smallest absolute Gasteiger partial charge is 0.269 e. The third-order valence-electron chi connectivity index (χ3n) is 5.46. The quantitative estimate of drug-likeness (QED) is 0.789. The van der Waals surface area contributed by atoms with E-state index in [-0.39, 0.29) is 18.0 Å². The summed E-state index contributed by atoms with van der Waals surface area (Å²) in [6.07, 6.45) is 8.07. The van der Waals surface area contributed by atoms with E-state index in [9.17, 15) is 9.59 Å². The minimum Gasteiger partial charge on any atom is -0.370 e. The van der Waals surface area contributed by atoms with Gasteiger partial charge in [0, 0.05) is 38.2 Å². The van der Waals surface area contributed by atoms with Crippen LogP contribution in [0, 0.1) is 0 Å². The van der Waals surface area contributed by atoms with Gasteiger partial charge in [-0.1, -0.05) is 5.16 Å². The fourth-order valence-electron chi connectivity index (χ4n) is 3.83. The second-order valence-corrected chi connectivity index (χ2v) is 7.39. The number of rotatable bonds is 5. The molecule has 0 atom stereocenters. The Morgan fingerprint density at radius 3 is 2.78 bits per heavy atom. The van der Waals surface area contributed by atoms with E-state index in [1.54, 1.807) is 24.2 Å². The van der Waals surface area contributed by atoms with Crippen molar-refractivity contribution in [2.75, 3.05) is 25.0 Å². The van der Waals surface area contributed by atoms with E-state index < -0.39 is 0 Å². The fourth-order valence-corrected chi connectivity index (χ4v) is 3.83. The van der Waals surface area contributed by atoms with E-state index in [0.717, 1.165) is 74.3 Å². The second-order valence-electron chi connectivity index (χ2n) is 7.39. The lowest BCUT2D eigenvalue weighted by Gasteiger charge is -2.19. The molecule has 0 bridgehead atoms. The summed E-state index contributed by atoms with van der Waals surface area (Å²) in [7, 11) is 1.72. The van der Waals surface area contributed by atoms with Gasteiger partial charge in [-0.25, -0.2) is 4.68 Å². The summed E-state index contributed by atoms with van der Waals surface area (Å²) < 4.78 is 6.63. The number of fused-ring (bicyclic) bond motifs is 1. The van der Waals surface area contributed by atoms with Gasteiger partial charge in [0.1, 0.15) is 18.0 Å². The van der Waals surface area contributed by atoms with Crippen LogP contribution in [0.15, 0.2) is 21.6 Å². The summed E-state index contributed by atoms with van der Waals surface area (Å²) in [6, 6.07) is 1.57. The van der Waals surface area contributed by atoms with Gasteiger partial charge < -0.3 is 14.3 Å². The lowest BCUT2D eigenvalue weighted by Crippen LogP contribution is -2.35. The summed E-state index contributed by atoms with van der Waals surface area (Å²) in [5, 5.41) is 8.34. The minimum atomic E-state index is -0.250. The van der Waals surface area contributed by atoms with Gasteiger partial charge in [-0.3, -0.25) is 9.59 Å². The molecule has 0 spiro atoms. The molecule has 0 saturated carbocycles. The Labute approximate surface area is 157 Å². The molecule has 2 aromatic rings. The molecular weight excluding hydrogens is 346 g/mol. The van der Waals surface area contributed by atoms with E-state index in [1.807, 2.05) is 0 Å². The Morgan fingerprint density at radius 1 is 1.22 bits per heavy atom. The zero-order chi connectivity index (χ0) is 18.8. The summed E-state index contributed by atoms with van der Waals surface area (Å²) in [5.74, 6) is 0.776. The molecule has 8 nitrogen and oxygen atoms in total. The van der Waals surface area contributed by atoms with Crippen LogP contribution in [0.3, 0.4) is 0 Å². The van der Waals surface area contributed by atoms with Crippen molar-refractivity contribution in [1.29, 1.82) is 0 Å². The highest BCUT2D eigenvalue weighted by Crippen LogP contribution is 2.24. The number of amides is 1. The molecule has 8 heteroatoms. The molecule has 0 N–H and O–H groups in total. The lowest BCUT2D eigenvalue weighted by atomic mass is 9.96. The Balaban J connectivity index is 1.41. The topological polar surface area (TPSA) is 84.5 Å². The van der Waals surface area contributed by atoms with E-state index in [2.05, 4.69) is 15.2 Å². The minimum absolute atomic E-state index is 0.0738. The number of likely N-dealkylation sites (N-methyl/N-ethyl adjacent to an activating group) is 1. The first-order chi connectivity index (χ1) is 13.1. The third-order valence-corrected chi connectivity index (χ3v) is 5.46. The molecule has 1 aliphatic heterocycles. The molecule has 3 heterocycles. The van der Waals surface area contributed by atoms with Crippen molar-refractivity contribution < 1.29 is 9.32 Å². The number of nitrogens with zero attached hydrogens (tertiary/aromatic N) is 5. The van der Waals surface area contributed by atoms with Crippen LogP contribution in [0.5, 0.6) is 0 Å². The molecule has 0 unspecified atom stereocenters. The Kier molecular flexibility index (Phi) is 4.96. The van der Waals surface area contributed by atoms with E-state index in [4.69, 9.17) is 4.52 Å². The number of carbonyl (C=O) groups excluding carboxylic acids is 1. The second kappa shape index (κ2) is 7.54. The molecule has 1 amide bonds. The van der Waals surface area contributed by atoms with Gasteiger partial charge in [0.05, 0.1) is 18.4 Å².